The Hall–Kier alpha value is -1.46. The molecule has 0 saturated carbocycles. The van der Waals surface area contributed by atoms with Crippen molar-refractivity contribution in [3.8, 4) is 5.75 Å². The highest BCUT2D eigenvalue weighted by molar-refractivity contribution is 6.37. The molecular weight excluding hydrogens is 305 g/mol. The lowest BCUT2D eigenvalue weighted by Gasteiger charge is -2.18. The lowest BCUT2D eigenvalue weighted by Crippen LogP contribution is -2.46. The second-order valence-corrected chi connectivity index (χ2v) is 5.28. The Kier molecular flexibility index (Phi) is 6.10. The number of carboxylic acids is 1. The Morgan fingerprint density at radius 2 is 1.85 bits per heavy atom. The Morgan fingerprint density at radius 3 is 2.30 bits per heavy atom. The normalized spacial score (nSPS) is 12.1. The average molecular weight is 320 g/mol. The van der Waals surface area contributed by atoms with Crippen molar-refractivity contribution < 1.29 is 19.4 Å². The number of amides is 1. The summed E-state index contributed by atoms with van der Waals surface area (Å²) in [6.07, 6.45) is 0. The molecule has 0 fully saturated rings. The van der Waals surface area contributed by atoms with Crippen LogP contribution in [0.25, 0.3) is 0 Å². The lowest BCUT2D eigenvalue weighted by molar-refractivity contribution is -0.143. The lowest BCUT2D eigenvalue weighted by atomic mass is 10.1. The maximum absolute atomic E-state index is 11.7. The Morgan fingerprint density at radius 1 is 1.30 bits per heavy atom. The quantitative estimate of drug-likeness (QED) is 0.845. The van der Waals surface area contributed by atoms with E-state index in [1.807, 2.05) is 0 Å². The molecule has 1 aromatic rings. The molecule has 5 nitrogen and oxygen atoms in total. The van der Waals surface area contributed by atoms with Crippen LogP contribution in [0.4, 0.5) is 0 Å². The van der Waals surface area contributed by atoms with Crippen LogP contribution in [0.5, 0.6) is 5.75 Å². The second kappa shape index (κ2) is 7.36. The van der Waals surface area contributed by atoms with Crippen molar-refractivity contribution in [3.05, 3.63) is 28.2 Å². The first-order valence-electron chi connectivity index (χ1n) is 5.92. The monoisotopic (exact) mass is 319 g/mol. The van der Waals surface area contributed by atoms with E-state index in [9.17, 15) is 9.59 Å². The van der Waals surface area contributed by atoms with E-state index in [0.717, 1.165) is 0 Å². The van der Waals surface area contributed by atoms with Gasteiger partial charge in [-0.2, -0.15) is 0 Å². The molecule has 0 spiro atoms. The highest BCUT2D eigenvalue weighted by Crippen LogP contribution is 2.32. The number of carbonyl (C=O) groups is 2. The first-order valence-corrected chi connectivity index (χ1v) is 6.67. The summed E-state index contributed by atoms with van der Waals surface area (Å²) in [4.78, 5) is 22.6. The summed E-state index contributed by atoms with van der Waals surface area (Å²) >= 11 is 11.8. The van der Waals surface area contributed by atoms with Gasteiger partial charge >= 0.3 is 5.97 Å². The van der Waals surface area contributed by atoms with Crippen molar-refractivity contribution in [1.29, 1.82) is 0 Å². The molecule has 0 heterocycles. The number of ether oxygens (including phenoxy) is 1. The van der Waals surface area contributed by atoms with Gasteiger partial charge in [-0.3, -0.25) is 4.79 Å². The number of hydrogen-bond donors (Lipinski definition) is 2. The molecule has 0 bridgehead atoms. The van der Waals surface area contributed by atoms with E-state index in [-0.39, 0.29) is 28.3 Å². The summed E-state index contributed by atoms with van der Waals surface area (Å²) in [7, 11) is 0. The van der Waals surface area contributed by atoms with Gasteiger partial charge in [0.1, 0.15) is 6.04 Å². The molecule has 1 rings (SSSR count). The van der Waals surface area contributed by atoms with Gasteiger partial charge in [-0.15, -0.1) is 0 Å². The molecule has 110 valence electrons. The fraction of sp³-hybridized carbons (Fsp3) is 0.385. The maximum Gasteiger partial charge on any atom is 0.326 e. The van der Waals surface area contributed by atoms with Crippen LogP contribution >= 0.6 is 23.2 Å². The van der Waals surface area contributed by atoms with E-state index in [2.05, 4.69) is 5.32 Å². The third-order valence-corrected chi connectivity index (χ3v) is 3.11. The molecule has 0 radical (unpaired) electrons. The molecule has 0 aliphatic heterocycles. The number of halogens is 2. The minimum absolute atomic E-state index is 0.197. The zero-order chi connectivity index (χ0) is 15.3. The van der Waals surface area contributed by atoms with Crippen LogP contribution in [0.3, 0.4) is 0 Å². The van der Waals surface area contributed by atoms with Crippen molar-refractivity contribution in [2.45, 2.75) is 19.9 Å². The van der Waals surface area contributed by atoms with Crippen LogP contribution in [0.15, 0.2) is 18.2 Å². The zero-order valence-corrected chi connectivity index (χ0v) is 12.5. The molecule has 0 aliphatic carbocycles. The Bertz CT molecular complexity index is 485. The summed E-state index contributed by atoms with van der Waals surface area (Å²) in [5.41, 5.74) is 0. The maximum atomic E-state index is 11.7. The molecule has 1 aromatic carbocycles. The standard InChI is InChI=1S/C13H15Cl2NO4/c1-7(2)11(13(18)19)16-10(17)6-20-12-8(14)4-3-5-9(12)15/h3-5,7,11H,6H2,1-2H3,(H,16,17)(H,18,19)/t11-/m1/s1. The van der Waals surface area contributed by atoms with Crippen LogP contribution in [0.1, 0.15) is 13.8 Å². The predicted octanol–water partition coefficient (Wildman–Crippen LogP) is 2.60. The van der Waals surface area contributed by atoms with Crippen LogP contribution in [0.2, 0.25) is 10.0 Å². The van der Waals surface area contributed by atoms with Crippen LogP contribution < -0.4 is 10.1 Å². The first-order chi connectivity index (χ1) is 9.32. The number of aliphatic carboxylic acids is 1. The minimum atomic E-state index is -1.09. The third-order valence-electron chi connectivity index (χ3n) is 2.52. The highest BCUT2D eigenvalue weighted by Gasteiger charge is 2.23. The molecular formula is C13H15Cl2NO4. The van der Waals surface area contributed by atoms with Gasteiger partial charge in [0.25, 0.3) is 5.91 Å². The molecule has 0 aliphatic rings. The largest absolute Gasteiger partial charge is 0.481 e. The van der Waals surface area contributed by atoms with Crippen LogP contribution in [-0.2, 0) is 9.59 Å². The van der Waals surface area contributed by atoms with Gasteiger partial charge in [-0.1, -0.05) is 43.1 Å². The van der Waals surface area contributed by atoms with Gasteiger partial charge in [-0.25, -0.2) is 4.79 Å². The smallest absolute Gasteiger partial charge is 0.326 e. The fourth-order valence-electron chi connectivity index (χ4n) is 1.49. The van der Waals surface area contributed by atoms with Crippen molar-refractivity contribution in [2.75, 3.05) is 6.61 Å². The van der Waals surface area contributed by atoms with Crippen molar-refractivity contribution >= 4 is 35.1 Å². The number of carbonyl (C=O) groups excluding carboxylic acids is 1. The number of rotatable bonds is 6. The van der Waals surface area contributed by atoms with Crippen molar-refractivity contribution in [3.63, 3.8) is 0 Å². The van der Waals surface area contributed by atoms with E-state index >= 15 is 0 Å². The molecule has 7 heteroatoms. The number of hydrogen-bond acceptors (Lipinski definition) is 3. The SMILES string of the molecule is CC(C)[C@@H](NC(=O)COc1c(Cl)cccc1Cl)C(=O)O. The summed E-state index contributed by atoms with van der Waals surface area (Å²) in [5, 5.41) is 11.9. The highest BCUT2D eigenvalue weighted by atomic mass is 35.5. The van der Waals surface area contributed by atoms with E-state index in [0.29, 0.717) is 0 Å². The summed E-state index contributed by atoms with van der Waals surface area (Å²) < 4.78 is 5.22. The van der Waals surface area contributed by atoms with Gasteiger partial charge < -0.3 is 15.2 Å². The second-order valence-electron chi connectivity index (χ2n) is 4.47. The number of nitrogens with one attached hydrogen (secondary N) is 1. The summed E-state index contributed by atoms with van der Waals surface area (Å²) in [5.74, 6) is -1.69. The molecule has 1 atom stereocenters. The average Bonchev–Trinajstić information content (AvgIpc) is 2.34. The summed E-state index contributed by atoms with van der Waals surface area (Å²) in [6, 6.07) is 3.84. The Balaban J connectivity index is 2.62. The fourth-order valence-corrected chi connectivity index (χ4v) is 1.99. The van der Waals surface area contributed by atoms with Gasteiger partial charge in [-0.05, 0) is 18.1 Å². The molecule has 0 unspecified atom stereocenters. The molecule has 0 aromatic heterocycles. The third kappa shape index (κ3) is 4.58. The first kappa shape index (κ1) is 16.6. The number of para-hydroxylation sites is 1. The van der Waals surface area contributed by atoms with Gasteiger partial charge in [0.2, 0.25) is 0 Å². The molecule has 2 N–H and O–H groups in total. The topological polar surface area (TPSA) is 75.6 Å². The molecule has 0 saturated heterocycles. The van der Waals surface area contributed by atoms with Gasteiger partial charge in [0, 0.05) is 0 Å². The predicted molar refractivity (Wildman–Crippen MR) is 76.4 cm³/mol. The van der Waals surface area contributed by atoms with Crippen LogP contribution in [0, 0.1) is 5.92 Å². The van der Waals surface area contributed by atoms with E-state index in [4.69, 9.17) is 33.0 Å². The Labute approximate surface area is 126 Å². The number of benzene rings is 1. The molecule has 20 heavy (non-hydrogen) atoms. The van der Waals surface area contributed by atoms with E-state index in [1.54, 1.807) is 32.0 Å². The molecule has 1 amide bonds. The van der Waals surface area contributed by atoms with Crippen LogP contribution in [-0.4, -0.2) is 29.6 Å². The van der Waals surface area contributed by atoms with Gasteiger partial charge in [0.15, 0.2) is 12.4 Å². The van der Waals surface area contributed by atoms with E-state index < -0.39 is 17.9 Å². The minimum Gasteiger partial charge on any atom is -0.481 e. The number of carboxylic acid groups (broad SMARTS) is 1. The van der Waals surface area contributed by atoms with Crippen molar-refractivity contribution in [1.82, 2.24) is 5.32 Å². The van der Waals surface area contributed by atoms with E-state index in [1.165, 1.54) is 0 Å². The summed E-state index contributed by atoms with van der Waals surface area (Å²) in [6.45, 7) is 3.04. The van der Waals surface area contributed by atoms with Crippen molar-refractivity contribution in [2.24, 2.45) is 5.92 Å². The zero-order valence-electron chi connectivity index (χ0n) is 11.0. The van der Waals surface area contributed by atoms with Gasteiger partial charge in [0.05, 0.1) is 10.0 Å².